The molecular weight excluding hydrogens is 356 g/mol. The second kappa shape index (κ2) is 8.79. The molecule has 1 amide bonds. The van der Waals surface area contributed by atoms with Crippen molar-refractivity contribution < 1.29 is 9.53 Å². The molecule has 1 aromatic carbocycles. The highest BCUT2D eigenvalue weighted by atomic mass is 16.5. The van der Waals surface area contributed by atoms with Crippen molar-refractivity contribution in [2.24, 2.45) is 0 Å². The minimum Gasteiger partial charge on any atom is -0.376 e. The van der Waals surface area contributed by atoms with Crippen molar-refractivity contribution >= 4 is 17.4 Å². The summed E-state index contributed by atoms with van der Waals surface area (Å²) in [7, 11) is 0. The molecule has 4 rings (SSSR count). The number of carbonyl (C=O) groups excluding carboxylic acids is 1. The van der Waals surface area contributed by atoms with E-state index in [2.05, 4.69) is 38.1 Å². The number of aromatic nitrogens is 4. The molecule has 1 aliphatic rings. The average Bonchev–Trinajstić information content (AvgIpc) is 3.39. The third kappa shape index (κ3) is 4.64. The number of hydrogen-bond acceptors (Lipinski definition) is 6. The summed E-state index contributed by atoms with van der Waals surface area (Å²) in [6.07, 6.45) is 3.05. The van der Waals surface area contributed by atoms with E-state index in [9.17, 15) is 4.79 Å². The molecule has 3 aromatic rings. The van der Waals surface area contributed by atoms with Crippen LogP contribution in [0.15, 0.2) is 42.5 Å². The summed E-state index contributed by atoms with van der Waals surface area (Å²) in [4.78, 5) is 12.1. The minimum absolute atomic E-state index is 0.00870. The van der Waals surface area contributed by atoms with Gasteiger partial charge in [-0.25, -0.2) is 0 Å². The summed E-state index contributed by atoms with van der Waals surface area (Å²) in [5.74, 6) is 1.40. The van der Waals surface area contributed by atoms with Gasteiger partial charge in [0, 0.05) is 32.5 Å². The Labute approximate surface area is 163 Å². The lowest BCUT2D eigenvalue weighted by molar-refractivity contribution is -0.121. The Bertz CT molecular complexity index is 921. The molecule has 8 nitrogen and oxygen atoms in total. The number of hydrogen-bond donors (Lipinski definition) is 2. The van der Waals surface area contributed by atoms with Gasteiger partial charge < -0.3 is 15.4 Å². The van der Waals surface area contributed by atoms with Gasteiger partial charge in [0.15, 0.2) is 11.5 Å². The van der Waals surface area contributed by atoms with Gasteiger partial charge in [0.2, 0.25) is 5.91 Å². The largest absolute Gasteiger partial charge is 0.376 e. The monoisotopic (exact) mass is 380 g/mol. The Kier molecular flexibility index (Phi) is 5.77. The molecule has 3 heterocycles. The maximum atomic E-state index is 12.1. The van der Waals surface area contributed by atoms with Gasteiger partial charge in [-0.3, -0.25) is 4.79 Å². The normalized spacial score (nSPS) is 16.4. The number of anilines is 1. The Hall–Kier alpha value is -3.00. The Balaban J connectivity index is 1.33. The molecule has 2 aromatic heterocycles. The molecule has 0 radical (unpaired) electrons. The van der Waals surface area contributed by atoms with E-state index in [1.807, 2.05) is 30.3 Å². The van der Waals surface area contributed by atoms with E-state index in [1.165, 1.54) is 5.56 Å². The van der Waals surface area contributed by atoms with Crippen LogP contribution >= 0.6 is 0 Å². The van der Waals surface area contributed by atoms with Crippen LogP contribution < -0.4 is 10.6 Å². The predicted molar refractivity (Wildman–Crippen MR) is 105 cm³/mol. The van der Waals surface area contributed by atoms with Gasteiger partial charge in [0.1, 0.15) is 5.82 Å². The zero-order valence-corrected chi connectivity index (χ0v) is 15.7. The molecular formula is C20H24N6O2. The fourth-order valence-electron chi connectivity index (χ4n) is 3.22. The van der Waals surface area contributed by atoms with Gasteiger partial charge in [0.05, 0.1) is 6.10 Å². The molecule has 2 N–H and O–H groups in total. The van der Waals surface area contributed by atoms with Crippen molar-refractivity contribution in [2.75, 3.05) is 18.5 Å². The van der Waals surface area contributed by atoms with Crippen LogP contribution in [0.25, 0.3) is 5.65 Å². The van der Waals surface area contributed by atoms with Crippen LogP contribution in [0.5, 0.6) is 0 Å². The third-order valence-electron chi connectivity index (χ3n) is 4.77. The standard InChI is InChI=1S/C20H24N6O2/c27-20(22-14-16-7-4-12-28-16)11-10-19-24-23-18-9-8-17(25-26(18)19)21-13-15-5-2-1-3-6-15/h1-3,5-6,8-9,16H,4,7,10-14H2,(H,21,25)(H,22,27)/t16-/m1/s1. The van der Waals surface area contributed by atoms with Crippen LogP contribution in [-0.4, -0.2) is 45.0 Å². The van der Waals surface area contributed by atoms with Crippen molar-refractivity contribution in [3.05, 3.63) is 53.9 Å². The van der Waals surface area contributed by atoms with E-state index in [4.69, 9.17) is 4.74 Å². The first kappa shape index (κ1) is 18.4. The maximum absolute atomic E-state index is 12.1. The number of ether oxygens (including phenoxy) is 1. The number of nitrogens with zero attached hydrogens (tertiary/aromatic N) is 4. The van der Waals surface area contributed by atoms with Gasteiger partial charge in [-0.2, -0.15) is 4.52 Å². The SMILES string of the molecule is O=C(CCc1nnc2ccc(NCc3ccccc3)nn12)NC[C@H]1CCCO1. The average molecular weight is 380 g/mol. The van der Waals surface area contributed by atoms with E-state index in [-0.39, 0.29) is 12.0 Å². The van der Waals surface area contributed by atoms with Crippen LogP contribution in [0, 0.1) is 0 Å². The molecule has 1 aliphatic heterocycles. The van der Waals surface area contributed by atoms with E-state index in [1.54, 1.807) is 4.52 Å². The number of fused-ring (bicyclic) bond motifs is 1. The van der Waals surface area contributed by atoms with Crippen molar-refractivity contribution in [2.45, 2.75) is 38.3 Å². The first-order chi connectivity index (χ1) is 13.8. The molecule has 28 heavy (non-hydrogen) atoms. The van der Waals surface area contributed by atoms with Crippen LogP contribution in [0.2, 0.25) is 0 Å². The summed E-state index contributed by atoms with van der Waals surface area (Å²) in [6.45, 7) is 2.05. The molecule has 0 spiro atoms. The summed E-state index contributed by atoms with van der Waals surface area (Å²) >= 11 is 0. The third-order valence-corrected chi connectivity index (χ3v) is 4.77. The van der Waals surface area contributed by atoms with Crippen LogP contribution in [-0.2, 0) is 22.5 Å². The summed E-state index contributed by atoms with van der Waals surface area (Å²) in [5.41, 5.74) is 1.84. The zero-order valence-electron chi connectivity index (χ0n) is 15.7. The molecule has 0 bridgehead atoms. The molecule has 1 atom stereocenters. The molecule has 0 saturated carbocycles. The first-order valence-electron chi connectivity index (χ1n) is 9.65. The van der Waals surface area contributed by atoms with Gasteiger partial charge in [-0.15, -0.1) is 15.3 Å². The molecule has 146 valence electrons. The fourth-order valence-corrected chi connectivity index (χ4v) is 3.22. The topological polar surface area (TPSA) is 93.4 Å². The smallest absolute Gasteiger partial charge is 0.220 e. The number of rotatable bonds is 8. The van der Waals surface area contributed by atoms with Crippen molar-refractivity contribution in [3.63, 3.8) is 0 Å². The summed E-state index contributed by atoms with van der Waals surface area (Å²) in [5, 5.41) is 19.1. The lowest BCUT2D eigenvalue weighted by Gasteiger charge is -2.10. The molecule has 1 saturated heterocycles. The number of benzene rings is 1. The lowest BCUT2D eigenvalue weighted by Crippen LogP contribution is -2.32. The molecule has 0 unspecified atom stereocenters. The molecule has 0 aliphatic carbocycles. The summed E-state index contributed by atoms with van der Waals surface area (Å²) in [6, 6.07) is 13.9. The van der Waals surface area contributed by atoms with Crippen molar-refractivity contribution in [1.82, 2.24) is 25.1 Å². The maximum Gasteiger partial charge on any atom is 0.220 e. The van der Waals surface area contributed by atoms with Crippen molar-refractivity contribution in [3.8, 4) is 0 Å². The van der Waals surface area contributed by atoms with Crippen LogP contribution in [0.1, 0.15) is 30.7 Å². The quantitative estimate of drug-likeness (QED) is 0.621. The fraction of sp³-hybridized carbons (Fsp3) is 0.400. The number of amides is 1. The highest BCUT2D eigenvalue weighted by molar-refractivity contribution is 5.76. The second-order valence-corrected chi connectivity index (χ2v) is 6.88. The summed E-state index contributed by atoms with van der Waals surface area (Å²) < 4.78 is 7.22. The van der Waals surface area contributed by atoms with Gasteiger partial charge in [-0.1, -0.05) is 30.3 Å². The Morgan fingerprint density at radius 3 is 2.89 bits per heavy atom. The van der Waals surface area contributed by atoms with E-state index in [0.717, 1.165) is 25.3 Å². The van der Waals surface area contributed by atoms with Crippen LogP contribution in [0.4, 0.5) is 5.82 Å². The molecule has 8 heteroatoms. The van der Waals surface area contributed by atoms with Crippen molar-refractivity contribution in [1.29, 1.82) is 0 Å². The second-order valence-electron chi connectivity index (χ2n) is 6.88. The number of nitrogens with one attached hydrogen (secondary N) is 2. The van der Waals surface area contributed by atoms with E-state index < -0.39 is 0 Å². The lowest BCUT2D eigenvalue weighted by atomic mass is 10.2. The van der Waals surface area contributed by atoms with Crippen LogP contribution in [0.3, 0.4) is 0 Å². The van der Waals surface area contributed by atoms with Gasteiger partial charge in [0.25, 0.3) is 0 Å². The number of aryl methyl sites for hydroxylation is 1. The highest BCUT2D eigenvalue weighted by Crippen LogP contribution is 2.12. The highest BCUT2D eigenvalue weighted by Gasteiger charge is 2.16. The minimum atomic E-state index is -0.00870. The molecule has 1 fully saturated rings. The first-order valence-corrected chi connectivity index (χ1v) is 9.65. The predicted octanol–water partition coefficient (Wildman–Crippen LogP) is 1.96. The number of carbonyl (C=O) groups is 1. The zero-order chi connectivity index (χ0) is 19.2. The Morgan fingerprint density at radius 1 is 1.18 bits per heavy atom. The van der Waals surface area contributed by atoms with E-state index >= 15 is 0 Å². The van der Waals surface area contributed by atoms with Gasteiger partial charge >= 0.3 is 0 Å². The van der Waals surface area contributed by atoms with Gasteiger partial charge in [-0.05, 0) is 30.5 Å². The van der Waals surface area contributed by atoms with E-state index in [0.29, 0.717) is 37.4 Å². The Morgan fingerprint density at radius 2 is 2.07 bits per heavy atom.